The smallest absolute Gasteiger partial charge is 0.255 e. The molecular formula is C25H25ClN2O2. The molecule has 0 saturated carbocycles. The second-order valence-corrected chi connectivity index (χ2v) is 8.19. The summed E-state index contributed by atoms with van der Waals surface area (Å²) in [5.41, 5.74) is 4.69. The molecule has 2 N–H and O–H groups in total. The largest absolute Gasteiger partial charge is 0.393 e. The SMILES string of the molecule is O=C(Nc1cccc(-c2ccc(CN3CCC(O)CC3)cc2)c1)c1cccc(Cl)c1. The number of aliphatic hydroxyl groups excluding tert-OH is 1. The number of nitrogens with one attached hydrogen (secondary N) is 1. The van der Waals surface area contributed by atoms with Gasteiger partial charge in [0.05, 0.1) is 6.10 Å². The first kappa shape index (κ1) is 20.6. The summed E-state index contributed by atoms with van der Waals surface area (Å²) in [4.78, 5) is 14.9. The summed E-state index contributed by atoms with van der Waals surface area (Å²) in [5, 5.41) is 13.1. The van der Waals surface area contributed by atoms with Gasteiger partial charge in [0.2, 0.25) is 0 Å². The highest BCUT2D eigenvalue weighted by atomic mass is 35.5. The van der Waals surface area contributed by atoms with E-state index in [1.807, 2.05) is 24.3 Å². The van der Waals surface area contributed by atoms with Gasteiger partial charge < -0.3 is 10.4 Å². The van der Waals surface area contributed by atoms with Crippen LogP contribution in [-0.2, 0) is 6.54 Å². The predicted octanol–water partition coefficient (Wildman–Crippen LogP) is 5.22. The van der Waals surface area contributed by atoms with Crippen molar-refractivity contribution >= 4 is 23.2 Å². The van der Waals surface area contributed by atoms with Crippen LogP contribution in [0.5, 0.6) is 0 Å². The van der Waals surface area contributed by atoms with E-state index in [0.717, 1.165) is 49.3 Å². The summed E-state index contributed by atoms with van der Waals surface area (Å²) < 4.78 is 0. The van der Waals surface area contributed by atoms with Crippen LogP contribution < -0.4 is 5.32 Å². The van der Waals surface area contributed by atoms with Crippen molar-refractivity contribution in [2.45, 2.75) is 25.5 Å². The molecule has 4 nitrogen and oxygen atoms in total. The zero-order valence-electron chi connectivity index (χ0n) is 16.7. The van der Waals surface area contributed by atoms with Gasteiger partial charge in [0, 0.05) is 35.9 Å². The molecule has 0 aromatic heterocycles. The molecule has 1 heterocycles. The normalized spacial score (nSPS) is 15.1. The van der Waals surface area contributed by atoms with Crippen molar-refractivity contribution in [1.29, 1.82) is 0 Å². The van der Waals surface area contributed by atoms with Crippen molar-refractivity contribution in [3.05, 3.63) is 88.9 Å². The van der Waals surface area contributed by atoms with Gasteiger partial charge in [-0.15, -0.1) is 0 Å². The van der Waals surface area contributed by atoms with Crippen LogP contribution in [0.1, 0.15) is 28.8 Å². The number of hydrogen-bond donors (Lipinski definition) is 2. The molecule has 1 aliphatic rings. The average molecular weight is 421 g/mol. The minimum atomic E-state index is -0.184. The second-order valence-electron chi connectivity index (χ2n) is 7.75. The molecule has 30 heavy (non-hydrogen) atoms. The van der Waals surface area contributed by atoms with Gasteiger partial charge in [-0.2, -0.15) is 0 Å². The Hall–Kier alpha value is -2.66. The Morgan fingerprint density at radius 2 is 1.70 bits per heavy atom. The maximum Gasteiger partial charge on any atom is 0.255 e. The zero-order valence-corrected chi connectivity index (χ0v) is 17.5. The maximum atomic E-state index is 12.5. The van der Waals surface area contributed by atoms with Crippen molar-refractivity contribution in [3.63, 3.8) is 0 Å². The minimum absolute atomic E-state index is 0.143. The molecule has 1 amide bonds. The van der Waals surface area contributed by atoms with Crippen LogP contribution in [0.3, 0.4) is 0 Å². The lowest BCUT2D eigenvalue weighted by Gasteiger charge is -2.29. The topological polar surface area (TPSA) is 52.6 Å². The molecule has 3 aromatic carbocycles. The molecule has 154 valence electrons. The molecule has 4 rings (SSSR count). The first-order valence-corrected chi connectivity index (χ1v) is 10.6. The van der Waals surface area contributed by atoms with E-state index < -0.39 is 0 Å². The molecule has 1 saturated heterocycles. The maximum absolute atomic E-state index is 12.5. The molecular weight excluding hydrogens is 396 g/mol. The van der Waals surface area contributed by atoms with E-state index in [2.05, 4.69) is 34.5 Å². The van der Waals surface area contributed by atoms with E-state index in [9.17, 15) is 9.90 Å². The molecule has 0 aliphatic carbocycles. The van der Waals surface area contributed by atoms with E-state index in [4.69, 9.17) is 11.6 Å². The van der Waals surface area contributed by atoms with Crippen LogP contribution in [0.15, 0.2) is 72.8 Å². The van der Waals surface area contributed by atoms with Gasteiger partial charge in [0.25, 0.3) is 5.91 Å². The fraction of sp³-hybridized carbons (Fsp3) is 0.240. The number of rotatable bonds is 5. The van der Waals surface area contributed by atoms with E-state index >= 15 is 0 Å². The molecule has 0 atom stereocenters. The summed E-state index contributed by atoms with van der Waals surface area (Å²) in [7, 11) is 0. The number of carbonyl (C=O) groups excluding carboxylic acids is 1. The second kappa shape index (κ2) is 9.43. The van der Waals surface area contributed by atoms with Gasteiger partial charge >= 0.3 is 0 Å². The minimum Gasteiger partial charge on any atom is -0.393 e. The lowest BCUT2D eigenvalue weighted by Crippen LogP contribution is -2.35. The van der Waals surface area contributed by atoms with E-state index in [1.165, 1.54) is 5.56 Å². The average Bonchev–Trinajstić information content (AvgIpc) is 2.76. The highest BCUT2D eigenvalue weighted by Crippen LogP contribution is 2.24. The van der Waals surface area contributed by atoms with Gasteiger partial charge in [-0.3, -0.25) is 9.69 Å². The fourth-order valence-corrected chi connectivity index (χ4v) is 3.94. The van der Waals surface area contributed by atoms with Crippen LogP contribution in [0.2, 0.25) is 5.02 Å². The van der Waals surface area contributed by atoms with Crippen molar-refractivity contribution < 1.29 is 9.90 Å². The van der Waals surface area contributed by atoms with E-state index in [0.29, 0.717) is 10.6 Å². The first-order valence-electron chi connectivity index (χ1n) is 10.2. The molecule has 0 radical (unpaired) electrons. The Labute approximate surface area is 182 Å². The number of anilines is 1. The summed E-state index contributed by atoms with van der Waals surface area (Å²) >= 11 is 5.98. The van der Waals surface area contributed by atoms with Crippen molar-refractivity contribution in [2.75, 3.05) is 18.4 Å². The summed E-state index contributed by atoms with van der Waals surface area (Å²) in [6, 6.07) is 23.3. The number of hydrogen-bond acceptors (Lipinski definition) is 3. The zero-order chi connectivity index (χ0) is 20.9. The predicted molar refractivity (Wildman–Crippen MR) is 122 cm³/mol. The van der Waals surface area contributed by atoms with Crippen molar-refractivity contribution in [2.24, 2.45) is 0 Å². The monoisotopic (exact) mass is 420 g/mol. The third-order valence-electron chi connectivity index (χ3n) is 5.46. The van der Waals surface area contributed by atoms with Gasteiger partial charge in [0.15, 0.2) is 0 Å². The van der Waals surface area contributed by atoms with Crippen molar-refractivity contribution in [3.8, 4) is 11.1 Å². The van der Waals surface area contributed by atoms with Crippen LogP contribution in [0.4, 0.5) is 5.69 Å². The quantitative estimate of drug-likeness (QED) is 0.595. The number of aliphatic hydroxyl groups is 1. The van der Waals surface area contributed by atoms with Crippen molar-refractivity contribution in [1.82, 2.24) is 4.90 Å². The number of halogens is 1. The summed E-state index contributed by atoms with van der Waals surface area (Å²) in [6.45, 7) is 2.79. The fourth-order valence-electron chi connectivity index (χ4n) is 3.75. The third kappa shape index (κ3) is 5.28. The molecule has 0 spiro atoms. The molecule has 1 fully saturated rings. The third-order valence-corrected chi connectivity index (χ3v) is 5.69. The standard InChI is InChI=1S/C25H25ClN2O2/c26-22-5-1-4-21(15-22)25(30)27-23-6-2-3-20(16-23)19-9-7-18(8-10-19)17-28-13-11-24(29)12-14-28/h1-10,15-16,24,29H,11-14,17H2,(H,27,30). The Kier molecular flexibility index (Phi) is 6.48. The highest BCUT2D eigenvalue weighted by molar-refractivity contribution is 6.31. The number of piperidine rings is 1. The molecule has 5 heteroatoms. The molecule has 3 aromatic rings. The lowest BCUT2D eigenvalue weighted by molar-refractivity contribution is 0.0792. The van der Waals surface area contributed by atoms with E-state index in [-0.39, 0.29) is 12.0 Å². The molecule has 0 bridgehead atoms. The van der Waals surface area contributed by atoms with Gasteiger partial charge in [-0.1, -0.05) is 54.1 Å². The van der Waals surface area contributed by atoms with Crippen LogP contribution in [0, 0.1) is 0 Å². The number of carbonyl (C=O) groups is 1. The summed E-state index contributed by atoms with van der Waals surface area (Å²) in [6.07, 6.45) is 1.56. The van der Waals surface area contributed by atoms with Gasteiger partial charge in [-0.25, -0.2) is 0 Å². The lowest BCUT2D eigenvalue weighted by atomic mass is 10.0. The Morgan fingerprint density at radius 3 is 2.43 bits per heavy atom. The number of amides is 1. The Balaban J connectivity index is 1.42. The Bertz CT molecular complexity index is 1010. The molecule has 1 aliphatic heterocycles. The van der Waals surface area contributed by atoms with E-state index in [1.54, 1.807) is 24.3 Å². The number of nitrogens with zero attached hydrogens (tertiary/aromatic N) is 1. The van der Waals surface area contributed by atoms with Crippen LogP contribution in [0.25, 0.3) is 11.1 Å². The Morgan fingerprint density at radius 1 is 0.967 bits per heavy atom. The van der Waals surface area contributed by atoms with Gasteiger partial charge in [-0.05, 0) is 59.9 Å². The first-order chi connectivity index (χ1) is 14.6. The summed E-state index contributed by atoms with van der Waals surface area (Å²) in [5.74, 6) is -0.184. The molecule has 0 unspecified atom stereocenters. The number of likely N-dealkylation sites (tertiary alicyclic amines) is 1. The highest BCUT2D eigenvalue weighted by Gasteiger charge is 2.16. The van der Waals surface area contributed by atoms with Crippen LogP contribution in [-0.4, -0.2) is 35.1 Å². The van der Waals surface area contributed by atoms with Gasteiger partial charge in [0.1, 0.15) is 0 Å². The number of benzene rings is 3. The van der Waals surface area contributed by atoms with Crippen LogP contribution >= 0.6 is 11.6 Å².